The topological polar surface area (TPSA) is 127 Å². The minimum Gasteiger partial charge on any atom is -0.496 e. The van der Waals surface area contributed by atoms with E-state index in [0.29, 0.717) is 42.0 Å². The molecule has 1 saturated heterocycles. The molecule has 10 nitrogen and oxygen atoms in total. The SMILES string of the molecule is COc1cc(Cn2ncc3c(-c4cccc(-c5ccc(CNC[C@]6([SiH3])CCC(=O)N6)c(OC)c5)c4Cl)cccc32)c(Cl)cc1CNCC1CCC(C(=O)O)CC1. The van der Waals surface area contributed by atoms with Gasteiger partial charge in [-0.25, -0.2) is 0 Å². The molecule has 1 amide bonds. The van der Waals surface area contributed by atoms with Gasteiger partial charge in [0.1, 0.15) is 11.5 Å². The standard InChI is InChI=1S/C43H49Cl2N5O5Si/c1-54-38-18-28(13-14-29(38)21-47-25-43(56)16-15-40(51)49-43)32-5-3-7-34(41(32)45)33-6-4-8-37-35(33)23-48-50(37)24-31-19-39(55-2)30(17-36(31)44)22-46-20-26-9-11-27(12-10-26)42(52)53/h3-8,13-14,17-19,23,26-27,46-47H,9-12,15-16,20-22,24-25H2,1-2,56H3,(H,49,51)(H,52,53)/t26?,27?,43-/m1/s1. The number of nitrogens with zero attached hydrogens (tertiary/aromatic N) is 2. The normalized spacial score (nSPS) is 19.7. The van der Waals surface area contributed by atoms with Crippen molar-refractivity contribution in [2.45, 2.75) is 63.3 Å². The van der Waals surface area contributed by atoms with Gasteiger partial charge in [-0.1, -0.05) is 65.7 Å². The monoisotopic (exact) mass is 813 g/mol. The van der Waals surface area contributed by atoms with Crippen molar-refractivity contribution in [2.24, 2.45) is 11.8 Å². The lowest BCUT2D eigenvalue weighted by molar-refractivity contribution is -0.143. The maximum Gasteiger partial charge on any atom is 0.306 e. The molecule has 1 aromatic heterocycles. The number of hydrogen-bond donors (Lipinski definition) is 4. The maximum absolute atomic E-state index is 11.8. The van der Waals surface area contributed by atoms with Crippen LogP contribution >= 0.6 is 23.2 Å². The van der Waals surface area contributed by atoms with E-state index < -0.39 is 5.97 Å². The van der Waals surface area contributed by atoms with Gasteiger partial charge in [0.15, 0.2) is 0 Å². The smallest absolute Gasteiger partial charge is 0.306 e. The summed E-state index contributed by atoms with van der Waals surface area (Å²) < 4.78 is 13.6. The average Bonchev–Trinajstić information content (AvgIpc) is 3.77. The van der Waals surface area contributed by atoms with Gasteiger partial charge < -0.3 is 30.5 Å². The van der Waals surface area contributed by atoms with E-state index in [2.05, 4.69) is 40.2 Å². The van der Waals surface area contributed by atoms with Crippen LogP contribution in [0.1, 0.15) is 55.2 Å². The maximum atomic E-state index is 11.8. The Bertz CT molecular complexity index is 2240. The summed E-state index contributed by atoms with van der Waals surface area (Å²) in [6.45, 7) is 3.24. The first kappa shape index (κ1) is 39.8. The van der Waals surface area contributed by atoms with E-state index in [4.69, 9.17) is 37.8 Å². The van der Waals surface area contributed by atoms with Crippen LogP contribution in [0.2, 0.25) is 10.0 Å². The van der Waals surface area contributed by atoms with Crippen molar-refractivity contribution in [2.75, 3.05) is 27.3 Å². The van der Waals surface area contributed by atoms with Crippen LogP contribution in [0, 0.1) is 11.8 Å². The summed E-state index contributed by atoms with van der Waals surface area (Å²) in [5.41, 5.74) is 7.58. The molecule has 13 heteroatoms. The molecule has 1 saturated carbocycles. The molecule has 2 fully saturated rings. The van der Waals surface area contributed by atoms with Crippen molar-refractivity contribution in [1.29, 1.82) is 0 Å². The number of rotatable bonds is 15. The molecule has 2 heterocycles. The van der Waals surface area contributed by atoms with Gasteiger partial charge in [0, 0.05) is 74.1 Å². The Morgan fingerprint density at radius 2 is 1.64 bits per heavy atom. The molecule has 2 aliphatic rings. The molecular formula is C43H49Cl2N5O5Si. The molecule has 4 N–H and O–H groups in total. The number of benzene rings is 4. The van der Waals surface area contributed by atoms with Gasteiger partial charge in [-0.3, -0.25) is 14.3 Å². The molecule has 294 valence electrons. The number of carboxylic acid groups (broad SMARTS) is 1. The molecule has 0 radical (unpaired) electrons. The number of carbonyl (C=O) groups excluding carboxylic acids is 1. The van der Waals surface area contributed by atoms with Crippen LogP contribution in [0.4, 0.5) is 0 Å². The highest BCUT2D eigenvalue weighted by molar-refractivity contribution is 6.36. The number of nitrogens with one attached hydrogen (secondary N) is 3. The van der Waals surface area contributed by atoms with E-state index in [0.717, 1.165) is 117 Å². The van der Waals surface area contributed by atoms with E-state index in [-0.39, 0.29) is 17.0 Å². The highest BCUT2D eigenvalue weighted by Gasteiger charge is 2.32. The lowest BCUT2D eigenvalue weighted by Crippen LogP contribution is -2.49. The highest BCUT2D eigenvalue weighted by atomic mass is 35.5. The van der Waals surface area contributed by atoms with Crippen molar-refractivity contribution >= 4 is 56.2 Å². The molecule has 1 atom stereocenters. The summed E-state index contributed by atoms with van der Waals surface area (Å²) in [6.07, 6.45) is 6.68. The minimum absolute atomic E-state index is 0.101. The second-order valence-electron chi connectivity index (χ2n) is 15.4. The Hall–Kier alpha value is -4.39. The fourth-order valence-electron chi connectivity index (χ4n) is 8.21. The van der Waals surface area contributed by atoms with Gasteiger partial charge in [0.25, 0.3) is 0 Å². The van der Waals surface area contributed by atoms with E-state index in [9.17, 15) is 14.7 Å². The quantitative estimate of drug-likeness (QED) is 0.0853. The van der Waals surface area contributed by atoms with Gasteiger partial charge in [0.05, 0.1) is 43.4 Å². The lowest BCUT2D eigenvalue weighted by Gasteiger charge is -2.26. The summed E-state index contributed by atoms with van der Waals surface area (Å²) in [5, 5.41) is 26.5. The van der Waals surface area contributed by atoms with Crippen molar-refractivity contribution in [1.82, 2.24) is 25.7 Å². The van der Waals surface area contributed by atoms with Crippen LogP contribution in [-0.2, 0) is 29.2 Å². The van der Waals surface area contributed by atoms with E-state index in [1.165, 1.54) is 0 Å². The van der Waals surface area contributed by atoms with Crippen molar-refractivity contribution in [3.05, 3.63) is 99.7 Å². The van der Waals surface area contributed by atoms with Gasteiger partial charge in [0.2, 0.25) is 5.91 Å². The van der Waals surface area contributed by atoms with E-state index in [1.54, 1.807) is 14.2 Å². The second kappa shape index (κ2) is 17.4. The van der Waals surface area contributed by atoms with Crippen molar-refractivity contribution < 1.29 is 24.2 Å². The number of aliphatic carboxylic acids is 1. The second-order valence-corrected chi connectivity index (χ2v) is 18.1. The first-order valence-electron chi connectivity index (χ1n) is 19.3. The zero-order valence-corrected chi connectivity index (χ0v) is 35.6. The van der Waals surface area contributed by atoms with Crippen LogP contribution in [0.3, 0.4) is 0 Å². The Kier molecular flexibility index (Phi) is 12.4. The zero-order chi connectivity index (χ0) is 39.4. The van der Waals surface area contributed by atoms with Crippen LogP contribution in [0.15, 0.2) is 72.9 Å². The zero-order valence-electron chi connectivity index (χ0n) is 32.1. The molecule has 5 aromatic rings. The van der Waals surface area contributed by atoms with E-state index in [1.807, 2.05) is 53.3 Å². The molecule has 1 aliphatic carbocycles. The third-order valence-electron chi connectivity index (χ3n) is 11.5. The lowest BCUT2D eigenvalue weighted by atomic mass is 9.82. The first-order chi connectivity index (χ1) is 27.1. The summed E-state index contributed by atoms with van der Waals surface area (Å²) in [4.78, 5) is 23.1. The van der Waals surface area contributed by atoms with Crippen molar-refractivity contribution in [3.63, 3.8) is 0 Å². The number of fused-ring (bicyclic) bond motifs is 1. The fraction of sp³-hybridized carbons (Fsp3) is 0.372. The number of ether oxygens (including phenoxy) is 2. The molecule has 0 bridgehead atoms. The van der Waals surface area contributed by atoms with Crippen molar-refractivity contribution in [3.8, 4) is 33.8 Å². The summed E-state index contributed by atoms with van der Waals surface area (Å²) in [6, 6.07) is 22.4. The van der Waals surface area contributed by atoms with Gasteiger partial charge in [-0.15, -0.1) is 0 Å². The van der Waals surface area contributed by atoms with Crippen LogP contribution in [0.5, 0.6) is 11.5 Å². The Balaban J connectivity index is 1.06. The van der Waals surface area contributed by atoms with Crippen LogP contribution in [-0.4, -0.2) is 69.5 Å². The molecular weight excluding hydrogens is 765 g/mol. The predicted molar refractivity (Wildman–Crippen MR) is 226 cm³/mol. The molecule has 4 aromatic carbocycles. The Labute approximate surface area is 340 Å². The van der Waals surface area contributed by atoms with Crippen LogP contribution < -0.4 is 25.4 Å². The average molecular weight is 815 g/mol. The number of aromatic nitrogens is 2. The third-order valence-corrected chi connectivity index (χ3v) is 13.3. The number of carboxylic acids is 1. The predicted octanol–water partition coefficient (Wildman–Crippen LogP) is 6.78. The molecule has 0 unspecified atom stereocenters. The Morgan fingerprint density at radius 3 is 2.38 bits per heavy atom. The van der Waals surface area contributed by atoms with Gasteiger partial charge in [-0.2, -0.15) is 5.10 Å². The molecule has 1 aliphatic heterocycles. The number of carbonyl (C=O) groups is 2. The molecule has 56 heavy (non-hydrogen) atoms. The van der Waals surface area contributed by atoms with E-state index >= 15 is 0 Å². The summed E-state index contributed by atoms with van der Waals surface area (Å²) in [7, 11) is 4.23. The minimum atomic E-state index is -0.678. The third kappa shape index (κ3) is 8.77. The number of halogens is 2. The highest BCUT2D eigenvalue weighted by Crippen LogP contribution is 2.41. The summed E-state index contributed by atoms with van der Waals surface area (Å²) in [5.74, 6) is 1.24. The Morgan fingerprint density at radius 1 is 0.929 bits per heavy atom. The molecule has 7 rings (SSSR count). The van der Waals surface area contributed by atoms with Crippen LogP contribution in [0.25, 0.3) is 33.2 Å². The fourth-order valence-corrected chi connectivity index (χ4v) is 9.58. The first-order valence-corrected chi connectivity index (χ1v) is 21.0. The largest absolute Gasteiger partial charge is 0.496 e. The van der Waals surface area contributed by atoms with Gasteiger partial charge >= 0.3 is 5.97 Å². The molecule has 0 spiro atoms. The number of amides is 1. The number of hydrogen-bond acceptors (Lipinski definition) is 7. The van der Waals surface area contributed by atoms with Gasteiger partial charge in [-0.05, 0) is 85.5 Å². The number of methoxy groups -OCH3 is 2. The summed E-state index contributed by atoms with van der Waals surface area (Å²) >= 11 is 14.1.